The van der Waals surface area contributed by atoms with E-state index in [2.05, 4.69) is 89.7 Å². The smallest absolute Gasteiger partial charge is 0.410 e. The lowest BCUT2D eigenvalue weighted by Crippen LogP contribution is -2.70. The summed E-state index contributed by atoms with van der Waals surface area (Å²) >= 11 is 16.5. The van der Waals surface area contributed by atoms with E-state index in [9.17, 15) is 49.3 Å². The van der Waals surface area contributed by atoms with Crippen LogP contribution in [-0.4, -0.2) is 137 Å². The van der Waals surface area contributed by atoms with E-state index in [-0.39, 0.29) is 59.6 Å². The number of likely N-dealkylation sites (tertiary alicyclic amines) is 3. The fourth-order valence-corrected chi connectivity index (χ4v) is 11.5. The molecule has 0 aliphatic carbocycles. The molecule has 4 heterocycles. The van der Waals surface area contributed by atoms with Crippen LogP contribution in [0.1, 0.15) is 104 Å². The van der Waals surface area contributed by atoms with Crippen molar-refractivity contribution in [1.82, 2.24) is 14.7 Å². The van der Waals surface area contributed by atoms with Crippen molar-refractivity contribution in [2.45, 2.75) is 123 Å². The molecule has 3 unspecified atom stereocenters. The van der Waals surface area contributed by atoms with Gasteiger partial charge < -0.3 is 76.0 Å². The van der Waals surface area contributed by atoms with Crippen LogP contribution in [0.3, 0.4) is 0 Å². The molecule has 4 amide bonds. The van der Waals surface area contributed by atoms with E-state index in [1.807, 2.05) is 103 Å². The van der Waals surface area contributed by atoms with Gasteiger partial charge in [0.05, 0.1) is 35.9 Å². The van der Waals surface area contributed by atoms with Crippen molar-refractivity contribution in [3.05, 3.63) is 133 Å². The van der Waals surface area contributed by atoms with Gasteiger partial charge in [-0.15, -0.1) is 0 Å². The maximum atomic E-state index is 12.6. The number of aryl methyl sites for hydroxylation is 1. The largest absolute Gasteiger partial charge is 0.630 e. The Morgan fingerprint density at radius 1 is 0.663 bits per heavy atom. The Bertz CT molecular complexity index is 3110. The minimum Gasteiger partial charge on any atom is -0.630 e. The van der Waals surface area contributed by atoms with Crippen molar-refractivity contribution < 1.29 is 79.3 Å². The number of fused-ring (bicyclic) bond motifs is 1. The second kappa shape index (κ2) is 34.9. The number of rotatable bonds is 8. The fraction of sp³-hybridized carbons (Fsp3) is 0.500. The van der Waals surface area contributed by atoms with Gasteiger partial charge in [0.1, 0.15) is 28.2 Å². The predicted octanol–water partition coefficient (Wildman–Crippen LogP) is 10.5. The molecule has 4 aliphatic heterocycles. The maximum Gasteiger partial charge on any atom is 0.410 e. The van der Waals surface area contributed by atoms with Crippen molar-refractivity contribution in [2.75, 3.05) is 58.8 Å². The van der Waals surface area contributed by atoms with Crippen LogP contribution < -0.4 is 16.3 Å². The molecule has 0 radical (unpaired) electrons. The Morgan fingerprint density at radius 2 is 1.15 bits per heavy atom. The number of anilines is 1. The average molecular weight is 1570 g/mol. The summed E-state index contributed by atoms with van der Waals surface area (Å²) in [4.78, 5) is 88.3. The van der Waals surface area contributed by atoms with Crippen LogP contribution in [0.2, 0.25) is 0 Å². The zero-order chi connectivity index (χ0) is 65.4. The molecule has 4 aromatic rings. The first kappa shape index (κ1) is 79.8. The number of alkyl halides is 1. The first-order chi connectivity index (χ1) is 40.5. The summed E-state index contributed by atoms with van der Waals surface area (Å²) in [5.41, 5.74) is 4.25. The SMILES string of the molecule is CC(C)(C)OC(=O)N1CCC2(Cc3ccc(Br)cc3NC2=O)C1.COC(=O)C1(Cc2ccc(Br)cc2[N+](=O)[O-])CCN(C(=O)OC(C)(C)C)C1.COC(=O)C1CCN(C(=O)OC(C)(C)C)C1.Cc1ccc(Br)cc1[NH2+][O-].O.O.[O-][NH2+]c1cc(Br)ccc1CBr. The standard InChI is InChI=1S/C18H23BrN2O6.C17H21BrN2O3.C11H19NO4.C7H7Br2NO.C7H8BrNO.2H2O/c1-17(2,3)27-16(23)20-8-7-18(11-20,15(22)26-4)10-12-5-6-13(19)9-14(12)21(24)25;1-16(2,3)23-15(22)20-7-6-17(10-20)9-11-4-5-12(18)8-13(11)19-14(17)21;1-11(2,3)16-10(14)12-6-5-8(7-12)9(13)15-4;8-4-5-1-2-6(9)3-7(5)10-11;1-5-2-3-6(8)4-7(5)9-10;;/h5-6,9H,7-8,10-11H2,1-4H3;4-5,8H,6-7,9-10H2,1-3H3,(H,19,21);8H,5-7H2,1-4H3;1-3H,4,10H2;2-4H,9H2,1H3;2*1H2. The van der Waals surface area contributed by atoms with Crippen LogP contribution in [0.5, 0.6) is 0 Å². The molecular weight excluding hydrogens is 1490 g/mol. The van der Waals surface area contributed by atoms with Gasteiger partial charge in [0.15, 0.2) is 0 Å². The Kier molecular flexibility index (Phi) is 31.3. The van der Waals surface area contributed by atoms with E-state index in [0.717, 1.165) is 58.1 Å². The van der Waals surface area contributed by atoms with Crippen molar-refractivity contribution >= 4 is 139 Å². The van der Waals surface area contributed by atoms with E-state index in [4.69, 9.17) is 18.9 Å². The number of amides is 4. The van der Waals surface area contributed by atoms with E-state index < -0.39 is 44.6 Å². The summed E-state index contributed by atoms with van der Waals surface area (Å²) in [5.74, 6) is -0.969. The molecule has 9 N–H and O–H groups in total. The molecule has 494 valence electrons. The first-order valence-corrected chi connectivity index (χ1v) is 31.9. The molecular formula is C60H82Br5N7O17. The third kappa shape index (κ3) is 24.3. The molecule has 1 spiro atoms. The van der Waals surface area contributed by atoms with E-state index in [1.54, 1.807) is 42.7 Å². The van der Waals surface area contributed by atoms with Gasteiger partial charge >= 0.3 is 30.2 Å². The van der Waals surface area contributed by atoms with Crippen LogP contribution in [0.25, 0.3) is 0 Å². The highest BCUT2D eigenvalue weighted by Crippen LogP contribution is 2.43. The Hall–Kier alpha value is -5.34. The summed E-state index contributed by atoms with van der Waals surface area (Å²) in [5, 5.41) is 36.0. The number of nitrogens with zero attached hydrogens (tertiary/aromatic N) is 4. The molecule has 8 rings (SSSR count). The number of halogens is 5. The fourth-order valence-electron chi connectivity index (χ4n) is 9.53. The number of ether oxygens (including phenoxy) is 5. The first-order valence-electron chi connectivity index (χ1n) is 27.6. The Balaban J connectivity index is 0.000000395. The molecule has 29 heteroatoms. The molecule has 0 saturated carbocycles. The minimum absolute atomic E-state index is 0. The number of carbonyl (C=O) groups is 6. The highest BCUT2D eigenvalue weighted by Gasteiger charge is 2.50. The lowest BCUT2D eigenvalue weighted by molar-refractivity contribution is -0.498. The number of esters is 2. The minimum atomic E-state index is -1.05. The van der Waals surface area contributed by atoms with Crippen LogP contribution in [0.4, 0.5) is 37.1 Å². The van der Waals surface area contributed by atoms with Gasteiger partial charge in [-0.05, 0) is 137 Å². The second-order valence-electron chi connectivity index (χ2n) is 24.1. The number of benzene rings is 4. The van der Waals surface area contributed by atoms with Crippen LogP contribution >= 0.6 is 79.6 Å². The molecule has 4 aliphatic rings. The van der Waals surface area contributed by atoms with Crippen molar-refractivity contribution in [2.24, 2.45) is 16.7 Å². The zero-order valence-electron chi connectivity index (χ0n) is 51.9. The van der Waals surface area contributed by atoms with Gasteiger partial charge in [-0.3, -0.25) is 24.5 Å². The quantitative estimate of drug-likeness (QED) is 0.0369. The molecule has 89 heavy (non-hydrogen) atoms. The Labute approximate surface area is 561 Å². The third-order valence-corrected chi connectivity index (χ3v) is 16.4. The topological polar surface area (TPSA) is 356 Å². The molecule has 0 bridgehead atoms. The summed E-state index contributed by atoms with van der Waals surface area (Å²) < 4.78 is 29.0. The number of quaternary nitrogens is 2. The molecule has 3 saturated heterocycles. The lowest BCUT2D eigenvalue weighted by atomic mass is 9.77. The summed E-state index contributed by atoms with van der Waals surface area (Å²) in [6, 6.07) is 21.9. The second-order valence-corrected chi connectivity index (χ2v) is 28.4. The number of nitrogens with two attached hydrogens (primary N) is 2. The van der Waals surface area contributed by atoms with Crippen LogP contribution in [0.15, 0.2) is 90.7 Å². The summed E-state index contributed by atoms with van der Waals surface area (Å²) in [6.45, 7) is 20.5. The van der Waals surface area contributed by atoms with Gasteiger partial charge in [-0.1, -0.05) is 104 Å². The Morgan fingerprint density at radius 3 is 1.65 bits per heavy atom. The van der Waals surface area contributed by atoms with Crippen molar-refractivity contribution in [1.29, 1.82) is 0 Å². The third-order valence-electron chi connectivity index (χ3n) is 13.9. The van der Waals surface area contributed by atoms with Gasteiger partial charge in [-0.2, -0.15) is 0 Å². The monoisotopic (exact) mass is 1570 g/mol. The molecule has 0 aromatic heterocycles. The normalized spacial score (nSPS) is 18.2. The number of nitro benzene ring substituents is 1. The van der Waals surface area contributed by atoms with Crippen molar-refractivity contribution in [3.8, 4) is 0 Å². The average Bonchev–Trinajstić information content (AvgIpc) is 1.74. The van der Waals surface area contributed by atoms with Gasteiger partial charge in [0, 0.05) is 103 Å². The number of methoxy groups -OCH3 is 2. The van der Waals surface area contributed by atoms with E-state index in [1.165, 1.54) is 25.2 Å². The molecule has 24 nitrogen and oxygen atoms in total. The van der Waals surface area contributed by atoms with Gasteiger partial charge in [0.2, 0.25) is 5.91 Å². The number of hydrogen-bond donors (Lipinski definition) is 3. The number of hydrogen-bond acceptors (Lipinski definition) is 15. The molecule has 3 atom stereocenters. The molecule has 3 fully saturated rings. The zero-order valence-corrected chi connectivity index (χ0v) is 59.9. The lowest BCUT2D eigenvalue weighted by Gasteiger charge is -2.34. The van der Waals surface area contributed by atoms with Gasteiger partial charge in [0.25, 0.3) is 5.69 Å². The number of carbonyl (C=O) groups excluding carboxylic acids is 6. The van der Waals surface area contributed by atoms with Crippen molar-refractivity contribution in [3.63, 3.8) is 0 Å². The van der Waals surface area contributed by atoms with Gasteiger partial charge in [-0.25, -0.2) is 14.4 Å². The number of nitro groups is 1. The van der Waals surface area contributed by atoms with Crippen LogP contribution in [-0.2, 0) is 56.2 Å². The highest BCUT2D eigenvalue weighted by atomic mass is 79.9. The summed E-state index contributed by atoms with van der Waals surface area (Å²) in [7, 11) is 2.63. The summed E-state index contributed by atoms with van der Waals surface area (Å²) in [6.07, 6.45) is 1.18. The molecule has 4 aromatic carbocycles. The highest BCUT2D eigenvalue weighted by molar-refractivity contribution is 9.11. The van der Waals surface area contributed by atoms with E-state index >= 15 is 0 Å². The van der Waals surface area contributed by atoms with Crippen LogP contribution in [0, 0.1) is 44.2 Å². The van der Waals surface area contributed by atoms with E-state index in [0.29, 0.717) is 73.8 Å². The maximum absolute atomic E-state index is 12.6. The number of nitrogens with one attached hydrogen (secondary N) is 1. The predicted molar refractivity (Wildman–Crippen MR) is 353 cm³/mol.